The minimum Gasteiger partial charge on any atom is -0.492 e. The zero-order valence-electron chi connectivity index (χ0n) is 14.3. The van der Waals surface area contributed by atoms with Gasteiger partial charge in [0.25, 0.3) is 0 Å². The van der Waals surface area contributed by atoms with Crippen molar-refractivity contribution in [2.45, 2.75) is 18.4 Å². The van der Waals surface area contributed by atoms with E-state index in [1.807, 2.05) is 30.3 Å². The number of ether oxygens (including phenoxy) is 1. The third-order valence-electron chi connectivity index (χ3n) is 4.19. The molecule has 1 atom stereocenters. The lowest BCUT2D eigenvalue weighted by Gasteiger charge is -2.17. The van der Waals surface area contributed by atoms with E-state index in [0.717, 1.165) is 10.8 Å². The zero-order chi connectivity index (χ0) is 20.5. The average molecular weight is 399 g/mol. The Balaban J connectivity index is 1.82. The van der Waals surface area contributed by atoms with Gasteiger partial charge in [0, 0.05) is 0 Å². The van der Waals surface area contributed by atoms with Crippen LogP contribution in [0.25, 0.3) is 10.8 Å². The molecule has 0 radical (unpaired) electrons. The Morgan fingerprint density at radius 2 is 1.32 bits per heavy atom. The van der Waals surface area contributed by atoms with Crippen LogP contribution in [0.4, 0.5) is 26.3 Å². The molecule has 0 aliphatic rings. The largest absolute Gasteiger partial charge is 0.492 e. The predicted molar refractivity (Wildman–Crippen MR) is 92.8 cm³/mol. The summed E-state index contributed by atoms with van der Waals surface area (Å²) in [4.78, 5) is 0. The van der Waals surface area contributed by atoms with Crippen LogP contribution in [0, 0.1) is 0 Å². The third-order valence-corrected chi connectivity index (χ3v) is 4.19. The number of benzene rings is 3. The second-order valence-electron chi connectivity index (χ2n) is 6.27. The second kappa shape index (κ2) is 7.35. The van der Waals surface area contributed by atoms with Gasteiger partial charge in [-0.3, -0.25) is 0 Å². The molecule has 28 heavy (non-hydrogen) atoms. The van der Waals surface area contributed by atoms with Gasteiger partial charge in [-0.2, -0.15) is 26.3 Å². The summed E-state index contributed by atoms with van der Waals surface area (Å²) in [5.41, 5.74) is 3.80. The van der Waals surface area contributed by atoms with E-state index in [-0.39, 0.29) is 12.7 Å². The predicted octanol–water partition coefficient (Wildman–Crippen LogP) is 5.96. The van der Waals surface area contributed by atoms with Crippen molar-refractivity contribution in [3.8, 4) is 5.75 Å². The third kappa shape index (κ3) is 4.56. The van der Waals surface area contributed by atoms with Crippen molar-refractivity contribution in [2.24, 2.45) is 5.73 Å². The Kier molecular flexibility index (Phi) is 5.25. The maximum absolute atomic E-state index is 12.9. The molecule has 2 N–H and O–H groups in total. The first-order valence-corrected chi connectivity index (χ1v) is 8.20. The van der Waals surface area contributed by atoms with Crippen molar-refractivity contribution >= 4 is 10.8 Å². The number of hydrogen-bond donors (Lipinski definition) is 1. The van der Waals surface area contributed by atoms with Crippen molar-refractivity contribution in [1.29, 1.82) is 0 Å². The molecule has 0 saturated carbocycles. The van der Waals surface area contributed by atoms with Gasteiger partial charge < -0.3 is 10.5 Å². The first kappa shape index (κ1) is 20.0. The minimum absolute atomic E-state index is 0.0517. The molecule has 0 aromatic heterocycles. The van der Waals surface area contributed by atoms with Crippen molar-refractivity contribution in [2.75, 3.05) is 6.61 Å². The quantitative estimate of drug-likeness (QED) is 0.550. The Bertz CT molecular complexity index is 948. The Hall–Kier alpha value is -2.74. The van der Waals surface area contributed by atoms with E-state index in [9.17, 15) is 26.3 Å². The number of halogens is 6. The second-order valence-corrected chi connectivity index (χ2v) is 6.27. The van der Waals surface area contributed by atoms with Gasteiger partial charge in [-0.05, 0) is 40.6 Å². The first-order valence-electron chi connectivity index (χ1n) is 8.20. The van der Waals surface area contributed by atoms with Gasteiger partial charge in [0.1, 0.15) is 12.4 Å². The summed E-state index contributed by atoms with van der Waals surface area (Å²) in [5.74, 6) is -0.543. The lowest BCUT2D eigenvalue weighted by atomic mass is 10.0. The summed E-state index contributed by atoms with van der Waals surface area (Å²) in [7, 11) is 0. The van der Waals surface area contributed by atoms with E-state index >= 15 is 0 Å². The summed E-state index contributed by atoms with van der Waals surface area (Å²) < 4.78 is 82.6. The van der Waals surface area contributed by atoms with Crippen LogP contribution in [0.2, 0.25) is 0 Å². The van der Waals surface area contributed by atoms with Gasteiger partial charge in [0.2, 0.25) is 0 Å². The van der Waals surface area contributed by atoms with Crippen molar-refractivity contribution in [1.82, 2.24) is 0 Å². The zero-order valence-corrected chi connectivity index (χ0v) is 14.3. The fraction of sp³-hybridized carbons (Fsp3) is 0.200. The number of hydrogen-bond acceptors (Lipinski definition) is 2. The molecule has 148 valence electrons. The average Bonchev–Trinajstić information content (AvgIpc) is 2.64. The van der Waals surface area contributed by atoms with E-state index in [2.05, 4.69) is 0 Å². The van der Waals surface area contributed by atoms with E-state index in [4.69, 9.17) is 10.5 Å². The molecule has 0 aliphatic carbocycles. The van der Waals surface area contributed by atoms with Crippen LogP contribution in [0.1, 0.15) is 22.7 Å². The number of rotatable bonds is 4. The van der Waals surface area contributed by atoms with Crippen molar-refractivity contribution in [3.63, 3.8) is 0 Å². The fourth-order valence-corrected chi connectivity index (χ4v) is 2.73. The number of alkyl halides is 6. The molecular formula is C20H15F6NO. The van der Waals surface area contributed by atoms with Gasteiger partial charge in [0.15, 0.2) is 0 Å². The van der Waals surface area contributed by atoms with Gasteiger partial charge in [-0.15, -0.1) is 0 Å². The van der Waals surface area contributed by atoms with Crippen LogP contribution >= 0.6 is 0 Å². The molecule has 0 fully saturated rings. The first-order chi connectivity index (χ1) is 13.0. The topological polar surface area (TPSA) is 35.2 Å². The molecule has 3 rings (SSSR count). The van der Waals surface area contributed by atoms with Crippen LogP contribution in [0.15, 0.2) is 60.7 Å². The Labute approximate surface area is 156 Å². The van der Waals surface area contributed by atoms with E-state index in [0.29, 0.717) is 17.7 Å². The lowest BCUT2D eigenvalue weighted by molar-refractivity contribution is -0.143. The molecule has 0 heterocycles. The fourth-order valence-electron chi connectivity index (χ4n) is 2.73. The molecule has 1 unspecified atom stereocenters. The molecule has 0 bridgehead atoms. The highest BCUT2D eigenvalue weighted by atomic mass is 19.4. The summed E-state index contributed by atoms with van der Waals surface area (Å²) in [6.45, 7) is -0.281. The van der Waals surface area contributed by atoms with E-state index < -0.39 is 35.3 Å². The maximum atomic E-state index is 12.9. The maximum Gasteiger partial charge on any atom is 0.416 e. The molecule has 0 amide bonds. The molecule has 0 spiro atoms. The SMILES string of the molecule is NC(COc1cc(C(F)(F)F)cc(C(F)(F)F)c1)c1ccc2ccccc2c1. The number of nitrogens with two attached hydrogens (primary N) is 1. The van der Waals surface area contributed by atoms with Crippen LogP contribution in [-0.4, -0.2) is 6.61 Å². The van der Waals surface area contributed by atoms with E-state index in [1.54, 1.807) is 12.1 Å². The van der Waals surface area contributed by atoms with Gasteiger partial charge >= 0.3 is 12.4 Å². The molecule has 8 heteroatoms. The normalized spacial score (nSPS) is 13.5. The lowest BCUT2D eigenvalue weighted by Crippen LogP contribution is -2.19. The molecule has 0 aliphatic heterocycles. The minimum atomic E-state index is -4.93. The van der Waals surface area contributed by atoms with E-state index in [1.165, 1.54) is 0 Å². The monoisotopic (exact) mass is 399 g/mol. The Morgan fingerprint density at radius 1 is 0.750 bits per heavy atom. The number of fused-ring (bicyclic) bond motifs is 1. The van der Waals surface area contributed by atoms with Gasteiger partial charge in [-0.1, -0.05) is 36.4 Å². The molecule has 3 aromatic carbocycles. The standard InChI is InChI=1S/C20H15F6NO/c21-19(22,23)15-8-16(20(24,25)26)10-17(9-15)28-11-18(27)14-6-5-12-3-1-2-4-13(12)7-14/h1-10,18H,11,27H2. The highest BCUT2D eigenvalue weighted by Gasteiger charge is 2.37. The van der Waals surface area contributed by atoms with Crippen LogP contribution in [-0.2, 0) is 12.4 Å². The van der Waals surface area contributed by atoms with Crippen molar-refractivity contribution < 1.29 is 31.1 Å². The molecular weight excluding hydrogens is 384 g/mol. The molecule has 0 saturated heterocycles. The van der Waals surface area contributed by atoms with Crippen LogP contribution in [0.5, 0.6) is 5.75 Å². The van der Waals surface area contributed by atoms with Gasteiger partial charge in [0.05, 0.1) is 17.2 Å². The molecule has 3 aromatic rings. The summed E-state index contributed by atoms with van der Waals surface area (Å²) in [5, 5.41) is 1.89. The molecule has 2 nitrogen and oxygen atoms in total. The summed E-state index contributed by atoms with van der Waals surface area (Å²) >= 11 is 0. The summed E-state index contributed by atoms with van der Waals surface area (Å²) in [6.07, 6.45) is -9.86. The highest BCUT2D eigenvalue weighted by Crippen LogP contribution is 2.38. The van der Waals surface area contributed by atoms with Crippen LogP contribution < -0.4 is 10.5 Å². The smallest absolute Gasteiger partial charge is 0.416 e. The summed E-state index contributed by atoms with van der Waals surface area (Å²) in [6, 6.07) is 13.2. The van der Waals surface area contributed by atoms with Crippen molar-refractivity contribution in [3.05, 3.63) is 77.4 Å². The Morgan fingerprint density at radius 3 is 1.89 bits per heavy atom. The highest BCUT2D eigenvalue weighted by molar-refractivity contribution is 5.83. The van der Waals surface area contributed by atoms with Gasteiger partial charge in [-0.25, -0.2) is 0 Å². The van der Waals surface area contributed by atoms with Crippen LogP contribution in [0.3, 0.4) is 0 Å².